The third-order valence-electron chi connectivity index (χ3n) is 12.5. The summed E-state index contributed by atoms with van der Waals surface area (Å²) < 4.78 is 12.8. The quantitative estimate of drug-likeness (QED) is 0.173. The Bertz CT molecular complexity index is 3790. The summed E-state index contributed by atoms with van der Waals surface area (Å²) in [7, 11) is 0. The Kier molecular flexibility index (Phi) is 7.16. The van der Waals surface area contributed by atoms with Crippen LogP contribution in [0.2, 0.25) is 0 Å². The van der Waals surface area contributed by atoms with Gasteiger partial charge in [-0.1, -0.05) is 146 Å². The van der Waals surface area contributed by atoms with Gasteiger partial charge in [0.05, 0.1) is 43.3 Å². The highest BCUT2D eigenvalue weighted by Crippen LogP contribution is 2.48. The van der Waals surface area contributed by atoms with Gasteiger partial charge in [0.15, 0.2) is 0 Å². The number of furan rings is 1. The van der Waals surface area contributed by atoms with Gasteiger partial charge >= 0.3 is 0 Å². The minimum Gasteiger partial charge on any atom is -0.456 e. The standard InChI is InChI=1S/C56H33BrN2O/c57-55-50(58-48-28-23-36-17-9-10-20-41(36)53(48)45-31-37-18-7-8-19-38(37)32-49(45)58)33-52-54(42-21-11-12-22-51(42)60-52)56(55)59-46-26-24-39(34-13-3-1-4-14-34)29-43(46)44-30-40(25-27-47(44)59)35-15-5-2-6-16-35/h1-33H. The molecule has 0 spiro atoms. The molecule has 13 rings (SSSR count). The van der Waals surface area contributed by atoms with E-state index in [0.717, 1.165) is 59.9 Å². The molecule has 3 nitrogen and oxygen atoms in total. The summed E-state index contributed by atoms with van der Waals surface area (Å²) in [6.07, 6.45) is 0. The summed E-state index contributed by atoms with van der Waals surface area (Å²) >= 11 is 4.38. The van der Waals surface area contributed by atoms with Crippen molar-refractivity contribution in [1.29, 1.82) is 0 Å². The lowest BCUT2D eigenvalue weighted by Crippen LogP contribution is -2.02. The molecule has 0 atom stereocenters. The molecule has 0 saturated carbocycles. The zero-order chi connectivity index (χ0) is 39.5. The van der Waals surface area contributed by atoms with Gasteiger partial charge in [0.25, 0.3) is 0 Å². The maximum atomic E-state index is 6.88. The summed E-state index contributed by atoms with van der Waals surface area (Å²) in [5, 5.41) is 11.9. The van der Waals surface area contributed by atoms with Crippen LogP contribution in [0.15, 0.2) is 209 Å². The summed E-state index contributed by atoms with van der Waals surface area (Å²) in [4.78, 5) is 0. The number of benzene rings is 10. The molecule has 0 unspecified atom stereocenters. The van der Waals surface area contributed by atoms with Gasteiger partial charge in [-0.3, -0.25) is 0 Å². The number of halogens is 1. The third-order valence-corrected chi connectivity index (χ3v) is 13.3. The van der Waals surface area contributed by atoms with E-state index >= 15 is 0 Å². The average molecular weight is 830 g/mol. The minimum atomic E-state index is 0.831. The Balaban J connectivity index is 1.19. The van der Waals surface area contributed by atoms with Gasteiger partial charge in [0.2, 0.25) is 0 Å². The molecule has 0 fully saturated rings. The van der Waals surface area contributed by atoms with Crippen LogP contribution in [0.25, 0.3) is 121 Å². The molecule has 0 radical (unpaired) electrons. The van der Waals surface area contributed by atoms with Crippen LogP contribution in [0, 0.1) is 0 Å². The van der Waals surface area contributed by atoms with Gasteiger partial charge in [0.1, 0.15) is 11.2 Å². The van der Waals surface area contributed by atoms with Crippen molar-refractivity contribution in [3.63, 3.8) is 0 Å². The molecule has 0 saturated heterocycles. The van der Waals surface area contributed by atoms with E-state index in [-0.39, 0.29) is 0 Å². The zero-order valence-electron chi connectivity index (χ0n) is 32.2. The fourth-order valence-electron chi connectivity index (χ4n) is 9.82. The maximum Gasteiger partial charge on any atom is 0.139 e. The number of aromatic nitrogens is 2. The number of rotatable bonds is 4. The predicted molar refractivity (Wildman–Crippen MR) is 256 cm³/mol. The first-order chi connectivity index (χ1) is 29.7. The Morgan fingerprint density at radius 3 is 1.58 bits per heavy atom. The van der Waals surface area contributed by atoms with Crippen molar-refractivity contribution in [1.82, 2.24) is 9.13 Å². The molecule has 10 aromatic carbocycles. The highest BCUT2D eigenvalue weighted by molar-refractivity contribution is 9.10. The molecular weight excluding hydrogens is 797 g/mol. The van der Waals surface area contributed by atoms with E-state index in [1.54, 1.807) is 0 Å². The van der Waals surface area contributed by atoms with Gasteiger partial charge < -0.3 is 13.6 Å². The summed E-state index contributed by atoms with van der Waals surface area (Å²) in [6, 6.07) is 72.5. The normalized spacial score (nSPS) is 12.1. The smallest absolute Gasteiger partial charge is 0.139 e. The SMILES string of the molecule is Brc1c(-n2c3cc4ccccc4cc3c3c4ccccc4ccc32)cc2oc3ccccc3c2c1-n1c2ccc(-c3ccccc3)cc2c2cc(-c3ccccc3)ccc21. The van der Waals surface area contributed by atoms with E-state index in [2.05, 4.69) is 225 Å². The topological polar surface area (TPSA) is 23.0 Å². The van der Waals surface area contributed by atoms with Gasteiger partial charge in [-0.25, -0.2) is 0 Å². The van der Waals surface area contributed by atoms with Crippen LogP contribution in [-0.2, 0) is 0 Å². The number of fused-ring (bicyclic) bond motifs is 12. The second-order valence-corrected chi connectivity index (χ2v) is 16.6. The van der Waals surface area contributed by atoms with Crippen LogP contribution in [0.4, 0.5) is 0 Å². The first kappa shape index (κ1) is 33.6. The van der Waals surface area contributed by atoms with Crippen molar-refractivity contribution in [3.8, 4) is 33.6 Å². The molecule has 0 aliphatic carbocycles. The zero-order valence-corrected chi connectivity index (χ0v) is 33.8. The van der Waals surface area contributed by atoms with Gasteiger partial charge in [-0.05, 0) is 108 Å². The van der Waals surface area contributed by atoms with Crippen LogP contribution in [0.1, 0.15) is 0 Å². The van der Waals surface area contributed by atoms with Crippen molar-refractivity contribution >= 4 is 103 Å². The fraction of sp³-hybridized carbons (Fsp3) is 0. The average Bonchev–Trinajstić information content (AvgIpc) is 3.95. The van der Waals surface area contributed by atoms with Crippen LogP contribution in [0.3, 0.4) is 0 Å². The van der Waals surface area contributed by atoms with Crippen LogP contribution in [-0.4, -0.2) is 9.13 Å². The molecule has 0 aliphatic rings. The molecule has 60 heavy (non-hydrogen) atoms. The highest BCUT2D eigenvalue weighted by Gasteiger charge is 2.26. The van der Waals surface area contributed by atoms with Gasteiger partial charge in [0, 0.05) is 33.0 Å². The molecule has 13 aromatic rings. The Morgan fingerprint density at radius 2 is 0.900 bits per heavy atom. The summed E-state index contributed by atoms with van der Waals surface area (Å²) in [5.74, 6) is 0. The maximum absolute atomic E-state index is 6.88. The minimum absolute atomic E-state index is 0.831. The molecule has 0 amide bonds. The van der Waals surface area contributed by atoms with Crippen molar-refractivity contribution < 1.29 is 4.42 Å². The predicted octanol–water partition coefficient (Wildman–Crippen LogP) is 16.2. The summed E-state index contributed by atoms with van der Waals surface area (Å²) in [5.41, 5.74) is 13.0. The lowest BCUT2D eigenvalue weighted by atomic mass is 10.0. The molecule has 3 heterocycles. The van der Waals surface area contributed by atoms with E-state index in [0.29, 0.717) is 0 Å². The molecule has 280 valence electrons. The van der Waals surface area contributed by atoms with Crippen LogP contribution in [0.5, 0.6) is 0 Å². The number of nitrogens with zero attached hydrogens (tertiary/aromatic N) is 2. The second-order valence-electron chi connectivity index (χ2n) is 15.8. The lowest BCUT2D eigenvalue weighted by Gasteiger charge is -2.18. The largest absolute Gasteiger partial charge is 0.456 e. The number of para-hydroxylation sites is 1. The van der Waals surface area contributed by atoms with Crippen molar-refractivity contribution in [2.75, 3.05) is 0 Å². The third kappa shape index (κ3) is 4.83. The first-order valence-electron chi connectivity index (χ1n) is 20.4. The van der Waals surface area contributed by atoms with Gasteiger partial charge in [-0.15, -0.1) is 0 Å². The first-order valence-corrected chi connectivity index (χ1v) is 21.2. The van der Waals surface area contributed by atoms with E-state index < -0.39 is 0 Å². The number of hydrogen-bond donors (Lipinski definition) is 0. The van der Waals surface area contributed by atoms with Crippen molar-refractivity contribution in [2.24, 2.45) is 0 Å². The molecule has 0 bridgehead atoms. The van der Waals surface area contributed by atoms with Gasteiger partial charge in [-0.2, -0.15) is 0 Å². The Labute approximate surface area is 353 Å². The van der Waals surface area contributed by atoms with Crippen molar-refractivity contribution in [2.45, 2.75) is 0 Å². The molecule has 0 N–H and O–H groups in total. The Morgan fingerprint density at radius 1 is 0.333 bits per heavy atom. The molecule has 4 heteroatoms. The van der Waals surface area contributed by atoms with Crippen molar-refractivity contribution in [3.05, 3.63) is 205 Å². The van der Waals surface area contributed by atoms with E-state index in [4.69, 9.17) is 4.42 Å². The second kappa shape index (κ2) is 12.8. The van der Waals surface area contributed by atoms with E-state index in [1.165, 1.54) is 65.3 Å². The van der Waals surface area contributed by atoms with E-state index in [9.17, 15) is 0 Å². The highest BCUT2D eigenvalue weighted by atomic mass is 79.9. The Hall–Kier alpha value is -7.40. The number of hydrogen-bond acceptors (Lipinski definition) is 1. The molecule has 3 aromatic heterocycles. The lowest BCUT2D eigenvalue weighted by molar-refractivity contribution is 0.668. The van der Waals surface area contributed by atoms with E-state index in [1.807, 2.05) is 0 Å². The molecule has 0 aliphatic heterocycles. The van der Waals surface area contributed by atoms with Crippen LogP contribution >= 0.6 is 15.9 Å². The summed E-state index contributed by atoms with van der Waals surface area (Å²) in [6.45, 7) is 0. The monoisotopic (exact) mass is 828 g/mol. The van der Waals surface area contributed by atoms with Crippen LogP contribution < -0.4 is 0 Å². The fourth-order valence-corrected chi connectivity index (χ4v) is 10.5. The molecular formula is C56H33BrN2O.